The van der Waals surface area contributed by atoms with Gasteiger partial charge in [0.25, 0.3) is 0 Å². The second kappa shape index (κ2) is 5.78. The van der Waals surface area contributed by atoms with Gasteiger partial charge in [0, 0.05) is 25.5 Å². The third-order valence-corrected chi connectivity index (χ3v) is 3.54. The number of aromatic nitrogens is 2. The Balaban J connectivity index is 1.68. The van der Waals surface area contributed by atoms with Crippen molar-refractivity contribution in [2.24, 2.45) is 7.05 Å². The van der Waals surface area contributed by atoms with E-state index in [0.717, 1.165) is 29.9 Å². The predicted octanol–water partition coefficient (Wildman–Crippen LogP) is 2.73. The fraction of sp³-hybridized carbons (Fsp3) is 0.176. The number of fused-ring (bicyclic) bond motifs is 1. The summed E-state index contributed by atoms with van der Waals surface area (Å²) in [6, 6.07) is 18.0. The van der Waals surface area contributed by atoms with E-state index in [9.17, 15) is 0 Å². The maximum absolute atomic E-state index is 8.78. The molecule has 0 radical (unpaired) electrons. The average Bonchev–Trinajstić information content (AvgIpc) is 2.85. The molecule has 4 nitrogen and oxygen atoms in total. The lowest BCUT2D eigenvalue weighted by Gasteiger charge is -2.03. The summed E-state index contributed by atoms with van der Waals surface area (Å²) in [6.07, 6.45) is 0. The highest BCUT2D eigenvalue weighted by molar-refractivity contribution is 5.81. The number of rotatable bonds is 4. The summed E-state index contributed by atoms with van der Waals surface area (Å²) in [7, 11) is 1.96. The van der Waals surface area contributed by atoms with Crippen molar-refractivity contribution >= 4 is 10.9 Å². The molecule has 0 amide bonds. The minimum Gasteiger partial charge on any atom is -0.307 e. The molecule has 0 spiro atoms. The van der Waals surface area contributed by atoms with Gasteiger partial charge in [0.05, 0.1) is 22.8 Å². The molecule has 0 bridgehead atoms. The molecule has 0 atom stereocenters. The Morgan fingerprint density at radius 2 is 1.86 bits per heavy atom. The van der Waals surface area contributed by atoms with Crippen LogP contribution in [-0.2, 0) is 20.1 Å². The van der Waals surface area contributed by atoms with Crippen LogP contribution in [0.2, 0.25) is 0 Å². The van der Waals surface area contributed by atoms with Crippen molar-refractivity contribution in [1.29, 1.82) is 5.26 Å². The van der Waals surface area contributed by atoms with E-state index < -0.39 is 0 Å². The zero-order valence-electron chi connectivity index (χ0n) is 11.9. The summed E-state index contributed by atoms with van der Waals surface area (Å²) >= 11 is 0. The summed E-state index contributed by atoms with van der Waals surface area (Å²) in [5, 5.41) is 17.9. The van der Waals surface area contributed by atoms with E-state index in [0.29, 0.717) is 5.56 Å². The van der Waals surface area contributed by atoms with E-state index in [-0.39, 0.29) is 0 Å². The summed E-state index contributed by atoms with van der Waals surface area (Å²) in [5.41, 5.74) is 4.05. The number of para-hydroxylation sites is 1. The molecule has 0 aliphatic carbocycles. The Hall–Kier alpha value is -2.64. The number of hydrogen-bond acceptors (Lipinski definition) is 3. The van der Waals surface area contributed by atoms with Gasteiger partial charge in [-0.05, 0) is 23.8 Å². The Labute approximate surface area is 123 Å². The molecule has 4 heteroatoms. The number of aryl methyl sites for hydroxylation is 1. The largest absolute Gasteiger partial charge is 0.307 e. The molecule has 1 heterocycles. The summed E-state index contributed by atoms with van der Waals surface area (Å²) in [4.78, 5) is 0. The van der Waals surface area contributed by atoms with Crippen LogP contribution in [0, 0.1) is 11.3 Å². The van der Waals surface area contributed by atoms with E-state index in [1.807, 2.05) is 48.1 Å². The molecule has 0 saturated carbocycles. The van der Waals surface area contributed by atoms with Crippen LogP contribution in [-0.4, -0.2) is 9.78 Å². The van der Waals surface area contributed by atoms with Crippen LogP contribution in [0.4, 0.5) is 0 Å². The molecule has 1 aromatic heterocycles. The van der Waals surface area contributed by atoms with Gasteiger partial charge in [-0.3, -0.25) is 4.68 Å². The van der Waals surface area contributed by atoms with Gasteiger partial charge in [0.15, 0.2) is 0 Å². The fourth-order valence-electron chi connectivity index (χ4n) is 2.44. The molecule has 104 valence electrons. The highest BCUT2D eigenvalue weighted by atomic mass is 15.3. The highest BCUT2D eigenvalue weighted by Gasteiger charge is 2.06. The van der Waals surface area contributed by atoms with E-state index in [4.69, 9.17) is 5.26 Å². The third-order valence-electron chi connectivity index (χ3n) is 3.54. The lowest BCUT2D eigenvalue weighted by Crippen LogP contribution is -2.13. The Kier molecular flexibility index (Phi) is 3.67. The Bertz CT molecular complexity index is 794. The van der Waals surface area contributed by atoms with Crippen molar-refractivity contribution in [1.82, 2.24) is 15.1 Å². The van der Waals surface area contributed by atoms with Gasteiger partial charge in [-0.25, -0.2) is 0 Å². The van der Waals surface area contributed by atoms with Crippen LogP contribution in [0.15, 0.2) is 48.5 Å². The van der Waals surface area contributed by atoms with Gasteiger partial charge in [-0.2, -0.15) is 10.4 Å². The quantitative estimate of drug-likeness (QED) is 0.797. The topological polar surface area (TPSA) is 53.6 Å². The second-order valence-electron chi connectivity index (χ2n) is 5.00. The standard InChI is InChI=1S/C17H16N4/c1-21-17-5-3-2-4-15(17)16(20-21)12-19-11-14-8-6-13(10-18)7-9-14/h2-9,19H,11-12H2,1H3. The zero-order valence-corrected chi connectivity index (χ0v) is 11.9. The van der Waals surface area contributed by atoms with Crippen molar-refractivity contribution < 1.29 is 0 Å². The van der Waals surface area contributed by atoms with Gasteiger partial charge in [0.1, 0.15) is 0 Å². The zero-order chi connectivity index (χ0) is 14.7. The summed E-state index contributed by atoms with van der Waals surface area (Å²) in [6.45, 7) is 1.48. The van der Waals surface area contributed by atoms with E-state index in [1.165, 1.54) is 5.39 Å². The Morgan fingerprint density at radius 1 is 1.10 bits per heavy atom. The van der Waals surface area contributed by atoms with Crippen LogP contribution in [0.5, 0.6) is 0 Å². The van der Waals surface area contributed by atoms with Crippen LogP contribution in [0.25, 0.3) is 10.9 Å². The molecule has 0 saturated heterocycles. The van der Waals surface area contributed by atoms with Crippen LogP contribution in [0.1, 0.15) is 16.8 Å². The molecule has 2 aromatic carbocycles. The second-order valence-corrected chi connectivity index (χ2v) is 5.00. The van der Waals surface area contributed by atoms with Gasteiger partial charge < -0.3 is 5.32 Å². The van der Waals surface area contributed by atoms with Gasteiger partial charge in [-0.1, -0.05) is 30.3 Å². The van der Waals surface area contributed by atoms with Crippen LogP contribution in [0.3, 0.4) is 0 Å². The molecule has 0 aliphatic heterocycles. The molecular formula is C17H16N4. The maximum atomic E-state index is 8.78. The normalized spacial score (nSPS) is 10.7. The predicted molar refractivity (Wildman–Crippen MR) is 82.4 cm³/mol. The van der Waals surface area contributed by atoms with E-state index in [1.54, 1.807) is 0 Å². The first-order chi connectivity index (χ1) is 10.3. The minimum atomic E-state index is 0.689. The number of nitrogens with one attached hydrogen (secondary N) is 1. The average molecular weight is 276 g/mol. The molecule has 3 rings (SSSR count). The monoisotopic (exact) mass is 276 g/mol. The first-order valence-electron chi connectivity index (χ1n) is 6.88. The van der Waals surface area contributed by atoms with Crippen molar-refractivity contribution in [2.75, 3.05) is 0 Å². The number of nitriles is 1. The number of nitrogens with zero attached hydrogens (tertiary/aromatic N) is 3. The smallest absolute Gasteiger partial charge is 0.0991 e. The Morgan fingerprint density at radius 3 is 2.62 bits per heavy atom. The molecule has 0 aliphatic rings. The van der Waals surface area contributed by atoms with Crippen LogP contribution >= 0.6 is 0 Å². The molecule has 21 heavy (non-hydrogen) atoms. The molecule has 3 aromatic rings. The fourth-order valence-corrected chi connectivity index (χ4v) is 2.44. The molecule has 1 N–H and O–H groups in total. The minimum absolute atomic E-state index is 0.689. The van der Waals surface area contributed by atoms with E-state index in [2.05, 4.69) is 28.6 Å². The third kappa shape index (κ3) is 2.78. The van der Waals surface area contributed by atoms with Crippen molar-refractivity contribution in [3.8, 4) is 6.07 Å². The highest BCUT2D eigenvalue weighted by Crippen LogP contribution is 2.17. The summed E-state index contributed by atoms with van der Waals surface area (Å²) in [5.74, 6) is 0. The van der Waals surface area contributed by atoms with Crippen molar-refractivity contribution in [2.45, 2.75) is 13.1 Å². The summed E-state index contributed by atoms with van der Waals surface area (Å²) < 4.78 is 1.91. The lowest BCUT2D eigenvalue weighted by atomic mass is 10.1. The first kappa shape index (κ1) is 13.3. The van der Waals surface area contributed by atoms with Gasteiger partial charge in [-0.15, -0.1) is 0 Å². The molecule has 0 unspecified atom stereocenters. The van der Waals surface area contributed by atoms with Crippen LogP contribution < -0.4 is 5.32 Å². The molecule has 0 fully saturated rings. The first-order valence-corrected chi connectivity index (χ1v) is 6.88. The van der Waals surface area contributed by atoms with E-state index >= 15 is 0 Å². The van der Waals surface area contributed by atoms with Gasteiger partial charge >= 0.3 is 0 Å². The van der Waals surface area contributed by atoms with Gasteiger partial charge in [0.2, 0.25) is 0 Å². The lowest BCUT2D eigenvalue weighted by molar-refractivity contribution is 0.662. The maximum Gasteiger partial charge on any atom is 0.0991 e. The number of benzene rings is 2. The molecular weight excluding hydrogens is 260 g/mol. The van der Waals surface area contributed by atoms with Crippen molar-refractivity contribution in [3.05, 3.63) is 65.4 Å². The SMILES string of the molecule is Cn1nc(CNCc2ccc(C#N)cc2)c2ccccc21. The number of hydrogen-bond donors (Lipinski definition) is 1. The van der Waals surface area contributed by atoms with Crippen molar-refractivity contribution in [3.63, 3.8) is 0 Å².